The zero-order valence-electron chi connectivity index (χ0n) is 7.22. The maximum atomic E-state index is 4.44. The van der Waals surface area contributed by atoms with E-state index in [1.807, 2.05) is 0 Å². The van der Waals surface area contributed by atoms with Crippen molar-refractivity contribution in [3.63, 3.8) is 0 Å². The van der Waals surface area contributed by atoms with E-state index in [0.29, 0.717) is 0 Å². The molecule has 11 heavy (non-hydrogen) atoms. The van der Waals surface area contributed by atoms with Gasteiger partial charge in [0, 0.05) is 12.2 Å². The standard InChI is InChI=1S/C9H14N2/c1-7-6-10-8(2)11-5-3-4-9(7)11/h3-6H2,1-2H3. The number of aliphatic imine (C=N–C) groups is 1. The van der Waals surface area contributed by atoms with Crippen molar-refractivity contribution < 1.29 is 0 Å². The van der Waals surface area contributed by atoms with Crippen molar-refractivity contribution in [1.29, 1.82) is 0 Å². The van der Waals surface area contributed by atoms with Gasteiger partial charge in [0.15, 0.2) is 0 Å². The van der Waals surface area contributed by atoms with Gasteiger partial charge >= 0.3 is 0 Å². The monoisotopic (exact) mass is 150 g/mol. The molecular formula is C9H14N2. The van der Waals surface area contributed by atoms with E-state index in [2.05, 4.69) is 23.7 Å². The molecule has 0 amide bonds. The average Bonchev–Trinajstić information content (AvgIpc) is 2.45. The van der Waals surface area contributed by atoms with Crippen molar-refractivity contribution >= 4 is 5.84 Å². The maximum Gasteiger partial charge on any atom is 0.100 e. The van der Waals surface area contributed by atoms with Gasteiger partial charge in [-0.3, -0.25) is 4.99 Å². The van der Waals surface area contributed by atoms with Gasteiger partial charge in [0.25, 0.3) is 0 Å². The minimum Gasteiger partial charge on any atom is -0.334 e. The molecule has 2 aliphatic rings. The van der Waals surface area contributed by atoms with E-state index in [0.717, 1.165) is 6.54 Å². The van der Waals surface area contributed by atoms with E-state index in [1.165, 1.54) is 36.5 Å². The van der Waals surface area contributed by atoms with Crippen LogP contribution in [0.3, 0.4) is 0 Å². The van der Waals surface area contributed by atoms with Crippen LogP contribution in [0.25, 0.3) is 0 Å². The summed E-state index contributed by atoms with van der Waals surface area (Å²) in [6.45, 7) is 6.42. The number of fused-ring (bicyclic) bond motifs is 1. The largest absolute Gasteiger partial charge is 0.334 e. The van der Waals surface area contributed by atoms with Crippen LogP contribution in [0.4, 0.5) is 0 Å². The Hall–Kier alpha value is -0.790. The molecule has 60 valence electrons. The molecule has 0 N–H and O–H groups in total. The first-order valence-electron chi connectivity index (χ1n) is 4.26. The van der Waals surface area contributed by atoms with Crippen LogP contribution in [-0.4, -0.2) is 23.8 Å². The van der Waals surface area contributed by atoms with Crippen LogP contribution in [0, 0.1) is 0 Å². The topological polar surface area (TPSA) is 15.6 Å². The van der Waals surface area contributed by atoms with Crippen LogP contribution in [0.5, 0.6) is 0 Å². The molecule has 0 saturated carbocycles. The third kappa shape index (κ3) is 0.971. The predicted octanol–water partition coefficient (Wildman–Crippen LogP) is 1.79. The molecule has 0 aromatic carbocycles. The third-order valence-corrected chi connectivity index (χ3v) is 2.55. The Balaban J connectivity index is 2.33. The highest BCUT2D eigenvalue weighted by Gasteiger charge is 2.23. The predicted molar refractivity (Wildman–Crippen MR) is 46.6 cm³/mol. The molecule has 0 bridgehead atoms. The fraction of sp³-hybridized carbons (Fsp3) is 0.667. The molecule has 0 aromatic heterocycles. The molecular weight excluding hydrogens is 136 g/mol. The molecule has 2 aliphatic heterocycles. The van der Waals surface area contributed by atoms with Gasteiger partial charge in [-0.2, -0.15) is 0 Å². The van der Waals surface area contributed by atoms with Crippen molar-refractivity contribution in [3.8, 4) is 0 Å². The zero-order valence-corrected chi connectivity index (χ0v) is 7.22. The normalized spacial score (nSPS) is 23.8. The van der Waals surface area contributed by atoms with E-state index in [4.69, 9.17) is 0 Å². The van der Waals surface area contributed by atoms with Crippen molar-refractivity contribution in [2.24, 2.45) is 4.99 Å². The molecule has 2 heteroatoms. The van der Waals surface area contributed by atoms with Gasteiger partial charge in [0.1, 0.15) is 5.84 Å². The molecule has 1 saturated heterocycles. The van der Waals surface area contributed by atoms with E-state index < -0.39 is 0 Å². The van der Waals surface area contributed by atoms with Crippen LogP contribution in [0.1, 0.15) is 26.7 Å². The molecule has 0 atom stereocenters. The minimum absolute atomic E-state index is 0.928. The van der Waals surface area contributed by atoms with Crippen molar-refractivity contribution in [3.05, 3.63) is 11.3 Å². The molecule has 0 aromatic rings. The first kappa shape index (κ1) is 6.89. The van der Waals surface area contributed by atoms with E-state index in [1.54, 1.807) is 0 Å². The summed E-state index contributed by atoms with van der Waals surface area (Å²) in [7, 11) is 0. The number of amidine groups is 1. The molecule has 0 radical (unpaired) electrons. The van der Waals surface area contributed by atoms with Crippen molar-refractivity contribution in [1.82, 2.24) is 4.90 Å². The lowest BCUT2D eigenvalue weighted by molar-refractivity contribution is 0.563. The van der Waals surface area contributed by atoms with Gasteiger partial charge in [-0.1, -0.05) is 0 Å². The molecule has 2 heterocycles. The molecule has 1 fully saturated rings. The van der Waals surface area contributed by atoms with Gasteiger partial charge < -0.3 is 4.90 Å². The van der Waals surface area contributed by atoms with Gasteiger partial charge in [-0.15, -0.1) is 0 Å². The van der Waals surface area contributed by atoms with Crippen LogP contribution >= 0.6 is 0 Å². The summed E-state index contributed by atoms with van der Waals surface area (Å²) in [4.78, 5) is 6.80. The Labute approximate surface area is 67.6 Å². The Morgan fingerprint density at radius 3 is 2.91 bits per heavy atom. The van der Waals surface area contributed by atoms with Gasteiger partial charge in [0.2, 0.25) is 0 Å². The maximum absolute atomic E-state index is 4.44. The Morgan fingerprint density at radius 1 is 1.36 bits per heavy atom. The second kappa shape index (κ2) is 2.36. The number of hydrogen-bond donors (Lipinski definition) is 0. The highest BCUT2D eigenvalue weighted by Crippen LogP contribution is 2.27. The highest BCUT2D eigenvalue weighted by atomic mass is 15.2. The lowest BCUT2D eigenvalue weighted by atomic mass is 10.1. The number of allylic oxidation sites excluding steroid dienone is 1. The summed E-state index contributed by atoms with van der Waals surface area (Å²) in [5, 5.41) is 0. The number of nitrogens with zero attached hydrogens (tertiary/aromatic N) is 2. The Morgan fingerprint density at radius 2 is 2.18 bits per heavy atom. The fourth-order valence-corrected chi connectivity index (χ4v) is 1.89. The molecule has 0 spiro atoms. The summed E-state index contributed by atoms with van der Waals surface area (Å²) >= 11 is 0. The van der Waals surface area contributed by atoms with Crippen LogP contribution < -0.4 is 0 Å². The number of rotatable bonds is 0. The van der Waals surface area contributed by atoms with Crippen LogP contribution in [0.2, 0.25) is 0 Å². The lowest BCUT2D eigenvalue weighted by Crippen LogP contribution is -2.28. The van der Waals surface area contributed by atoms with E-state index in [9.17, 15) is 0 Å². The second-order valence-electron chi connectivity index (χ2n) is 3.35. The summed E-state index contributed by atoms with van der Waals surface area (Å²) in [6, 6.07) is 0. The highest BCUT2D eigenvalue weighted by molar-refractivity contribution is 5.83. The van der Waals surface area contributed by atoms with E-state index >= 15 is 0 Å². The third-order valence-electron chi connectivity index (χ3n) is 2.55. The summed E-state index contributed by atoms with van der Waals surface area (Å²) in [6.07, 6.45) is 2.57. The van der Waals surface area contributed by atoms with E-state index in [-0.39, 0.29) is 0 Å². The lowest BCUT2D eigenvalue weighted by Gasteiger charge is -2.25. The average molecular weight is 150 g/mol. The van der Waals surface area contributed by atoms with Crippen LogP contribution in [-0.2, 0) is 0 Å². The van der Waals surface area contributed by atoms with Gasteiger partial charge in [-0.25, -0.2) is 0 Å². The Kier molecular flexibility index (Phi) is 1.48. The SMILES string of the molecule is CC1=NCC(C)=C2CCCN12. The molecule has 0 unspecified atom stereocenters. The molecule has 2 rings (SSSR count). The fourth-order valence-electron chi connectivity index (χ4n) is 1.89. The molecule has 2 nitrogen and oxygen atoms in total. The smallest absolute Gasteiger partial charge is 0.100 e. The molecule has 0 aliphatic carbocycles. The van der Waals surface area contributed by atoms with Crippen molar-refractivity contribution in [2.45, 2.75) is 26.7 Å². The first-order chi connectivity index (χ1) is 5.29. The second-order valence-corrected chi connectivity index (χ2v) is 3.35. The van der Waals surface area contributed by atoms with Gasteiger partial charge in [-0.05, 0) is 32.3 Å². The van der Waals surface area contributed by atoms with Gasteiger partial charge in [0.05, 0.1) is 6.54 Å². The number of hydrogen-bond acceptors (Lipinski definition) is 2. The zero-order chi connectivity index (χ0) is 7.84. The first-order valence-corrected chi connectivity index (χ1v) is 4.26. The minimum atomic E-state index is 0.928. The summed E-state index contributed by atoms with van der Waals surface area (Å²) in [5.41, 5.74) is 3.01. The summed E-state index contributed by atoms with van der Waals surface area (Å²) < 4.78 is 0. The van der Waals surface area contributed by atoms with Crippen LogP contribution in [0.15, 0.2) is 16.3 Å². The quantitative estimate of drug-likeness (QED) is 0.514. The van der Waals surface area contributed by atoms with Crippen molar-refractivity contribution in [2.75, 3.05) is 13.1 Å². The summed E-state index contributed by atoms with van der Waals surface area (Å²) in [5.74, 6) is 1.21. The Bertz CT molecular complexity index is 238.